The first-order valence-electron chi connectivity index (χ1n) is 5.60. The van der Waals surface area contributed by atoms with Crippen molar-refractivity contribution in [1.29, 1.82) is 0 Å². The molecular weight excluding hydrogens is 250 g/mol. The van der Waals surface area contributed by atoms with Crippen LogP contribution < -0.4 is 0 Å². The monoisotopic (exact) mass is 263 g/mol. The van der Waals surface area contributed by atoms with Gasteiger partial charge in [0.25, 0.3) is 0 Å². The van der Waals surface area contributed by atoms with Crippen molar-refractivity contribution in [3.63, 3.8) is 0 Å². The molecule has 7 nitrogen and oxygen atoms in total. The van der Waals surface area contributed by atoms with Crippen molar-refractivity contribution in [2.75, 3.05) is 13.1 Å². The summed E-state index contributed by atoms with van der Waals surface area (Å²) in [5, 5.41) is 12.6. The summed E-state index contributed by atoms with van der Waals surface area (Å²) in [6.45, 7) is 4.12. The maximum absolute atomic E-state index is 10.7. The van der Waals surface area contributed by atoms with E-state index in [0.717, 1.165) is 0 Å². The van der Waals surface area contributed by atoms with E-state index in [1.54, 1.807) is 23.1 Å². The third kappa shape index (κ3) is 3.52. The molecule has 0 amide bonds. The minimum Gasteiger partial charge on any atom is -0.480 e. The highest BCUT2D eigenvalue weighted by Crippen LogP contribution is 2.16. The maximum Gasteiger partial charge on any atom is 0.317 e. The summed E-state index contributed by atoms with van der Waals surface area (Å²) in [4.78, 5) is 16.5. The second kappa shape index (κ2) is 5.96. The molecule has 0 bridgehead atoms. The normalized spacial score (nSPS) is 10.8. The molecule has 2 aromatic rings. The van der Waals surface area contributed by atoms with Gasteiger partial charge in [-0.15, -0.1) is 6.58 Å². The second-order valence-corrected chi connectivity index (χ2v) is 3.84. The minimum atomic E-state index is -0.923. The SMILES string of the molecule is C=CCN(CC(=O)O)Cc1nc(-c2ccco2)no1. The molecule has 0 spiro atoms. The number of nitrogens with zero attached hydrogens (tertiary/aromatic N) is 3. The molecule has 0 unspecified atom stereocenters. The molecule has 0 radical (unpaired) electrons. The van der Waals surface area contributed by atoms with Gasteiger partial charge < -0.3 is 14.0 Å². The summed E-state index contributed by atoms with van der Waals surface area (Å²) in [7, 11) is 0. The van der Waals surface area contributed by atoms with Crippen molar-refractivity contribution in [3.8, 4) is 11.6 Å². The molecule has 0 aliphatic rings. The number of carboxylic acids is 1. The Kier molecular flexibility index (Phi) is 4.09. The van der Waals surface area contributed by atoms with Crippen LogP contribution in [0.1, 0.15) is 5.89 Å². The van der Waals surface area contributed by atoms with Crippen LogP contribution in [0, 0.1) is 0 Å². The molecule has 0 atom stereocenters. The van der Waals surface area contributed by atoms with Gasteiger partial charge in [0.15, 0.2) is 5.76 Å². The molecule has 7 heteroatoms. The van der Waals surface area contributed by atoms with Gasteiger partial charge in [0.05, 0.1) is 19.4 Å². The highest BCUT2D eigenvalue weighted by atomic mass is 16.5. The van der Waals surface area contributed by atoms with Crippen LogP contribution in [-0.4, -0.2) is 39.2 Å². The Hall–Kier alpha value is -2.41. The topological polar surface area (TPSA) is 92.6 Å². The van der Waals surface area contributed by atoms with Crippen molar-refractivity contribution in [1.82, 2.24) is 15.0 Å². The van der Waals surface area contributed by atoms with Gasteiger partial charge >= 0.3 is 5.97 Å². The van der Waals surface area contributed by atoms with E-state index in [9.17, 15) is 4.79 Å². The third-order valence-electron chi connectivity index (χ3n) is 2.31. The van der Waals surface area contributed by atoms with E-state index in [0.29, 0.717) is 24.0 Å². The molecule has 2 aromatic heterocycles. The average Bonchev–Trinajstić information content (AvgIpc) is 2.97. The van der Waals surface area contributed by atoms with Crippen molar-refractivity contribution >= 4 is 5.97 Å². The van der Waals surface area contributed by atoms with Crippen LogP contribution in [0.4, 0.5) is 0 Å². The molecule has 2 rings (SSSR count). The Morgan fingerprint density at radius 3 is 3.05 bits per heavy atom. The molecule has 1 N–H and O–H groups in total. The number of aromatic nitrogens is 2. The molecule has 100 valence electrons. The number of hydrogen-bond donors (Lipinski definition) is 1. The van der Waals surface area contributed by atoms with E-state index in [1.807, 2.05) is 0 Å². The van der Waals surface area contributed by atoms with Gasteiger partial charge in [0, 0.05) is 6.54 Å². The Labute approximate surface area is 109 Å². The van der Waals surface area contributed by atoms with Gasteiger partial charge in [-0.05, 0) is 12.1 Å². The van der Waals surface area contributed by atoms with Crippen LogP contribution in [0.25, 0.3) is 11.6 Å². The van der Waals surface area contributed by atoms with Gasteiger partial charge in [-0.3, -0.25) is 9.69 Å². The second-order valence-electron chi connectivity index (χ2n) is 3.84. The van der Waals surface area contributed by atoms with Crippen molar-refractivity contribution in [2.45, 2.75) is 6.54 Å². The molecular formula is C12H13N3O4. The van der Waals surface area contributed by atoms with E-state index in [2.05, 4.69) is 16.7 Å². The molecule has 0 aromatic carbocycles. The van der Waals surface area contributed by atoms with E-state index >= 15 is 0 Å². The first kappa shape index (κ1) is 13.0. The van der Waals surface area contributed by atoms with Gasteiger partial charge in [0.1, 0.15) is 0 Å². The predicted octanol–water partition coefficient (Wildman–Crippen LogP) is 1.40. The van der Waals surface area contributed by atoms with Crippen molar-refractivity contribution < 1.29 is 18.8 Å². The summed E-state index contributed by atoms with van der Waals surface area (Å²) in [5.41, 5.74) is 0. The summed E-state index contributed by atoms with van der Waals surface area (Å²) >= 11 is 0. The lowest BCUT2D eigenvalue weighted by Gasteiger charge is -2.15. The van der Waals surface area contributed by atoms with Crippen molar-refractivity contribution in [2.24, 2.45) is 0 Å². The Bertz CT molecular complexity index is 547. The molecule has 2 heterocycles. The molecule has 0 fully saturated rings. The largest absolute Gasteiger partial charge is 0.480 e. The van der Waals surface area contributed by atoms with Crippen LogP contribution in [0.2, 0.25) is 0 Å². The first-order chi connectivity index (χ1) is 9.19. The lowest BCUT2D eigenvalue weighted by atomic mass is 10.4. The lowest BCUT2D eigenvalue weighted by molar-refractivity contribution is -0.138. The molecule has 0 aliphatic carbocycles. The van der Waals surface area contributed by atoms with Crippen LogP contribution in [-0.2, 0) is 11.3 Å². The van der Waals surface area contributed by atoms with E-state index in [-0.39, 0.29) is 13.1 Å². The summed E-state index contributed by atoms with van der Waals surface area (Å²) < 4.78 is 10.2. The summed E-state index contributed by atoms with van der Waals surface area (Å²) in [5.74, 6) is 0.250. The minimum absolute atomic E-state index is 0.121. The summed E-state index contributed by atoms with van der Waals surface area (Å²) in [6, 6.07) is 3.44. The quantitative estimate of drug-likeness (QED) is 0.754. The maximum atomic E-state index is 10.7. The van der Waals surface area contributed by atoms with Gasteiger partial charge in [0.2, 0.25) is 11.7 Å². The number of carbonyl (C=O) groups is 1. The highest BCUT2D eigenvalue weighted by Gasteiger charge is 2.15. The van der Waals surface area contributed by atoms with Crippen LogP contribution in [0.5, 0.6) is 0 Å². The van der Waals surface area contributed by atoms with Crippen LogP contribution >= 0.6 is 0 Å². The fourth-order valence-corrected chi connectivity index (χ4v) is 1.58. The van der Waals surface area contributed by atoms with Crippen LogP contribution in [0.15, 0.2) is 40.0 Å². The Balaban J connectivity index is 2.05. The zero-order chi connectivity index (χ0) is 13.7. The Morgan fingerprint density at radius 1 is 1.58 bits per heavy atom. The zero-order valence-electron chi connectivity index (χ0n) is 10.2. The van der Waals surface area contributed by atoms with Gasteiger partial charge in [-0.2, -0.15) is 4.98 Å². The van der Waals surface area contributed by atoms with Gasteiger partial charge in [-0.25, -0.2) is 0 Å². The number of aliphatic carboxylic acids is 1. The Morgan fingerprint density at radius 2 is 2.42 bits per heavy atom. The van der Waals surface area contributed by atoms with Gasteiger partial charge in [-0.1, -0.05) is 11.2 Å². The number of carboxylic acid groups (broad SMARTS) is 1. The third-order valence-corrected chi connectivity index (χ3v) is 2.31. The number of rotatable bonds is 7. The number of hydrogen-bond acceptors (Lipinski definition) is 6. The average molecular weight is 263 g/mol. The zero-order valence-corrected chi connectivity index (χ0v) is 10.2. The van der Waals surface area contributed by atoms with E-state index in [1.165, 1.54) is 6.26 Å². The standard InChI is InChI=1S/C12H13N3O4/c1-2-5-15(8-11(16)17)7-10-13-12(14-19-10)9-4-3-6-18-9/h2-4,6H,1,5,7-8H2,(H,16,17). The predicted molar refractivity (Wildman–Crippen MR) is 65.1 cm³/mol. The van der Waals surface area contributed by atoms with Crippen LogP contribution in [0.3, 0.4) is 0 Å². The first-order valence-corrected chi connectivity index (χ1v) is 5.60. The lowest BCUT2D eigenvalue weighted by Crippen LogP contribution is -2.29. The summed E-state index contributed by atoms with van der Waals surface area (Å²) in [6.07, 6.45) is 3.13. The number of furan rings is 1. The highest BCUT2D eigenvalue weighted by molar-refractivity contribution is 5.69. The molecule has 0 saturated carbocycles. The van der Waals surface area contributed by atoms with E-state index < -0.39 is 5.97 Å². The molecule has 0 aliphatic heterocycles. The smallest absolute Gasteiger partial charge is 0.317 e. The molecule has 19 heavy (non-hydrogen) atoms. The fraction of sp³-hybridized carbons (Fsp3) is 0.250. The fourth-order valence-electron chi connectivity index (χ4n) is 1.58. The molecule has 0 saturated heterocycles. The van der Waals surface area contributed by atoms with Crippen molar-refractivity contribution in [3.05, 3.63) is 36.9 Å². The van der Waals surface area contributed by atoms with E-state index in [4.69, 9.17) is 14.0 Å².